The fourth-order valence-electron chi connectivity index (χ4n) is 5.56. The second-order valence-corrected chi connectivity index (χ2v) is 11.3. The summed E-state index contributed by atoms with van der Waals surface area (Å²) in [5.41, 5.74) is 8.68. The first-order chi connectivity index (χ1) is 19.1. The highest BCUT2D eigenvalue weighted by molar-refractivity contribution is 6.01. The lowest BCUT2D eigenvalue weighted by atomic mass is 9.88. The molecule has 0 spiro atoms. The van der Waals surface area contributed by atoms with Crippen LogP contribution in [0.4, 0.5) is 0 Å². The predicted molar refractivity (Wildman–Crippen MR) is 157 cm³/mol. The Labute approximate surface area is 237 Å². The molecule has 2 aliphatic heterocycles. The fraction of sp³-hybridized carbons (Fsp3) is 0.452. The van der Waals surface area contributed by atoms with Gasteiger partial charge in [0.15, 0.2) is 5.70 Å². The summed E-state index contributed by atoms with van der Waals surface area (Å²) in [6, 6.07) is 18.1. The number of nitrogens with two attached hydrogens (primary N) is 2. The third-order valence-electron chi connectivity index (χ3n) is 8.07. The molecule has 9 nitrogen and oxygen atoms in total. The molecule has 2 aliphatic rings. The standard InChI is InChI=1S/C31H42N6O3/c1-22(24-8-6-5-7-9-24)18-26(38)36-16-14-31(40,15-17-36)20-37-21-35-28(30(2,32)29(37)39)27(34-4)25-12-10-23(11-13-25)19-33-3/h5-13,21-22,33-34,40H,14-20,32H2,1-4H3/p+1/b28-27+/t22-,30?/m1/s1. The van der Waals surface area contributed by atoms with E-state index in [1.807, 2.05) is 78.9 Å². The molecule has 2 aromatic rings. The summed E-state index contributed by atoms with van der Waals surface area (Å²) in [7, 11) is 3.81. The number of hydrogen-bond acceptors (Lipinski definition) is 6. The Balaban J connectivity index is 1.42. The molecule has 4 rings (SSSR count). The van der Waals surface area contributed by atoms with Crippen LogP contribution >= 0.6 is 0 Å². The van der Waals surface area contributed by atoms with E-state index in [-0.39, 0.29) is 24.3 Å². The maximum Gasteiger partial charge on any atom is 0.254 e. The second kappa shape index (κ2) is 12.4. The number of aliphatic imine (C=N–C) groups is 1. The van der Waals surface area contributed by atoms with E-state index < -0.39 is 11.1 Å². The van der Waals surface area contributed by atoms with Crippen LogP contribution in [0.15, 0.2) is 65.3 Å². The van der Waals surface area contributed by atoms with Crippen molar-refractivity contribution in [3.8, 4) is 0 Å². The molecule has 0 saturated carbocycles. The van der Waals surface area contributed by atoms with Crippen LogP contribution in [-0.4, -0.2) is 77.9 Å². The van der Waals surface area contributed by atoms with Crippen molar-refractivity contribution in [2.24, 2.45) is 10.7 Å². The summed E-state index contributed by atoms with van der Waals surface area (Å²) in [6.45, 7) is 5.47. The molecular weight excluding hydrogens is 504 g/mol. The Morgan fingerprint density at radius 2 is 1.80 bits per heavy atom. The van der Waals surface area contributed by atoms with E-state index in [4.69, 9.17) is 5.73 Å². The Morgan fingerprint density at radius 1 is 1.15 bits per heavy atom. The molecule has 9 heteroatoms. The van der Waals surface area contributed by atoms with Gasteiger partial charge in [0, 0.05) is 31.6 Å². The molecule has 6 N–H and O–H groups in total. The number of nitrogens with zero attached hydrogens (tertiary/aromatic N) is 3. The molecular formula is C31H43N6O3+. The largest absolute Gasteiger partial charge is 0.388 e. The highest BCUT2D eigenvalue weighted by atomic mass is 16.3. The lowest BCUT2D eigenvalue weighted by Gasteiger charge is -2.42. The first-order valence-electron chi connectivity index (χ1n) is 14.1. The minimum absolute atomic E-state index is 0.0839. The molecule has 2 amide bonds. The van der Waals surface area contributed by atoms with Crippen molar-refractivity contribution in [1.82, 2.24) is 15.1 Å². The zero-order valence-corrected chi connectivity index (χ0v) is 24.1. The minimum Gasteiger partial charge on any atom is -0.388 e. The minimum atomic E-state index is -1.36. The third kappa shape index (κ3) is 6.50. The average molecular weight is 548 g/mol. The summed E-state index contributed by atoms with van der Waals surface area (Å²) >= 11 is 0. The van der Waals surface area contributed by atoms with Crippen LogP contribution in [0.5, 0.6) is 0 Å². The summed E-state index contributed by atoms with van der Waals surface area (Å²) < 4.78 is 0. The number of nitrogens with one attached hydrogen (secondary N) is 1. The van der Waals surface area contributed by atoms with Gasteiger partial charge in [0.05, 0.1) is 25.5 Å². The van der Waals surface area contributed by atoms with E-state index in [1.165, 1.54) is 11.2 Å². The first-order valence-corrected chi connectivity index (χ1v) is 14.1. The smallest absolute Gasteiger partial charge is 0.254 e. The number of hydrogen-bond donors (Lipinski definition) is 4. The molecule has 214 valence electrons. The van der Waals surface area contributed by atoms with Gasteiger partial charge in [0.25, 0.3) is 5.91 Å². The van der Waals surface area contributed by atoms with Gasteiger partial charge in [-0.1, -0.05) is 49.4 Å². The highest BCUT2D eigenvalue weighted by Crippen LogP contribution is 2.31. The maximum atomic E-state index is 13.6. The van der Waals surface area contributed by atoms with Crippen molar-refractivity contribution < 1.29 is 20.0 Å². The van der Waals surface area contributed by atoms with Gasteiger partial charge in [0.2, 0.25) is 5.91 Å². The summed E-state index contributed by atoms with van der Waals surface area (Å²) in [5, 5.41) is 16.4. The van der Waals surface area contributed by atoms with E-state index in [0.29, 0.717) is 38.0 Å². The number of carbonyl (C=O) groups is 2. The Hall–Kier alpha value is -3.37. The molecule has 0 aliphatic carbocycles. The van der Waals surface area contributed by atoms with Crippen LogP contribution in [-0.2, 0) is 16.1 Å². The van der Waals surface area contributed by atoms with E-state index in [9.17, 15) is 14.7 Å². The third-order valence-corrected chi connectivity index (χ3v) is 8.07. The number of rotatable bonds is 9. The number of piperidine rings is 1. The van der Waals surface area contributed by atoms with Crippen molar-refractivity contribution in [3.05, 3.63) is 77.0 Å². The summed E-state index contributed by atoms with van der Waals surface area (Å²) in [5.74, 6) is -0.106. The molecule has 2 heterocycles. The molecule has 1 unspecified atom stereocenters. The van der Waals surface area contributed by atoms with Crippen LogP contribution in [0.2, 0.25) is 0 Å². The number of amides is 2. The number of carbonyl (C=O) groups excluding carboxylic acids is 2. The van der Waals surface area contributed by atoms with Crippen LogP contribution in [0.3, 0.4) is 0 Å². The van der Waals surface area contributed by atoms with Gasteiger partial charge in [-0.15, -0.1) is 0 Å². The van der Waals surface area contributed by atoms with Crippen molar-refractivity contribution in [1.29, 1.82) is 0 Å². The SMILES string of the molecule is CNCc1ccc(/C([NH2+]C)=C2\N=CN(CC3(O)CCN(C(=O)C[C@@H](C)c4ccccc4)CC3)C(=O)C2(C)N)cc1. The van der Waals surface area contributed by atoms with E-state index >= 15 is 0 Å². The lowest BCUT2D eigenvalue weighted by molar-refractivity contribution is -0.531. The number of quaternary nitrogens is 1. The molecule has 0 aromatic heterocycles. The highest BCUT2D eigenvalue weighted by Gasteiger charge is 2.45. The van der Waals surface area contributed by atoms with E-state index in [2.05, 4.69) is 17.2 Å². The van der Waals surface area contributed by atoms with Crippen LogP contribution in [0, 0.1) is 0 Å². The van der Waals surface area contributed by atoms with Gasteiger partial charge in [-0.25, -0.2) is 4.99 Å². The normalized spacial score (nSPS) is 22.8. The zero-order chi connectivity index (χ0) is 28.9. The Morgan fingerprint density at radius 3 is 2.40 bits per heavy atom. The molecule has 2 atom stereocenters. The molecule has 1 fully saturated rings. The van der Waals surface area contributed by atoms with Gasteiger partial charge in [0.1, 0.15) is 11.2 Å². The van der Waals surface area contributed by atoms with Crippen molar-refractivity contribution in [2.75, 3.05) is 33.7 Å². The van der Waals surface area contributed by atoms with Gasteiger partial charge in [-0.3, -0.25) is 14.5 Å². The predicted octanol–water partition coefficient (Wildman–Crippen LogP) is 1.40. The summed E-state index contributed by atoms with van der Waals surface area (Å²) in [6.07, 6.45) is 2.68. The van der Waals surface area contributed by atoms with Gasteiger partial charge in [-0.05, 0) is 56.0 Å². The van der Waals surface area contributed by atoms with Gasteiger partial charge in [-0.2, -0.15) is 0 Å². The van der Waals surface area contributed by atoms with Crippen molar-refractivity contribution in [3.63, 3.8) is 0 Å². The zero-order valence-electron chi connectivity index (χ0n) is 24.1. The molecule has 0 radical (unpaired) electrons. The van der Waals surface area contributed by atoms with Crippen molar-refractivity contribution >= 4 is 23.8 Å². The van der Waals surface area contributed by atoms with Gasteiger partial charge < -0.3 is 26.4 Å². The van der Waals surface area contributed by atoms with Crippen LogP contribution in [0.25, 0.3) is 5.70 Å². The van der Waals surface area contributed by atoms with E-state index in [1.54, 1.807) is 6.92 Å². The van der Waals surface area contributed by atoms with Crippen LogP contribution < -0.4 is 16.4 Å². The van der Waals surface area contributed by atoms with Gasteiger partial charge >= 0.3 is 0 Å². The lowest BCUT2D eigenvalue weighted by Crippen LogP contribution is -2.77. The average Bonchev–Trinajstić information content (AvgIpc) is 2.95. The summed E-state index contributed by atoms with van der Waals surface area (Å²) in [4.78, 5) is 34.4. The monoisotopic (exact) mass is 547 g/mol. The maximum absolute atomic E-state index is 13.6. The number of aliphatic hydroxyl groups is 1. The number of benzene rings is 2. The molecule has 1 saturated heterocycles. The van der Waals surface area contributed by atoms with E-state index in [0.717, 1.165) is 28.9 Å². The molecule has 0 bridgehead atoms. The topological polar surface area (TPSA) is 128 Å². The number of likely N-dealkylation sites (tertiary alicyclic amines) is 1. The molecule has 40 heavy (non-hydrogen) atoms. The fourth-order valence-corrected chi connectivity index (χ4v) is 5.56. The number of β-amino-alcohol motifs (C(OH)–C–C–N with tert-alkyl or cyclic N) is 1. The second-order valence-electron chi connectivity index (χ2n) is 11.3. The quantitative estimate of drug-likeness (QED) is 0.377. The Bertz CT molecular complexity index is 1250. The van der Waals surface area contributed by atoms with Crippen LogP contribution in [0.1, 0.15) is 55.7 Å². The van der Waals surface area contributed by atoms with Crippen molar-refractivity contribution in [2.45, 2.75) is 56.7 Å². The molecule has 2 aromatic carbocycles. The first kappa shape index (κ1) is 29.6. The Kier molecular flexibility index (Phi) is 9.20.